The van der Waals surface area contributed by atoms with E-state index in [1.807, 2.05) is 0 Å². The molecule has 1 unspecified atom stereocenters. The minimum Gasteiger partial charge on any atom is -0.367 e. The van der Waals surface area contributed by atoms with Gasteiger partial charge in [0.15, 0.2) is 0 Å². The zero-order chi connectivity index (χ0) is 10.3. The van der Waals surface area contributed by atoms with Crippen LogP contribution in [0.3, 0.4) is 0 Å². The third-order valence-electron chi connectivity index (χ3n) is 0.967. The molecular weight excluding hydrogens is 195 g/mol. The average Bonchev–Trinajstić information content (AvgIpc) is 2.00. The van der Waals surface area contributed by atoms with Crippen molar-refractivity contribution in [2.75, 3.05) is 6.61 Å². The van der Waals surface area contributed by atoms with Crippen LogP contribution in [-0.2, 0) is 18.4 Å². The van der Waals surface area contributed by atoms with Crippen LogP contribution in [0.4, 0.5) is 0 Å². The molecule has 0 fully saturated rings. The minimum absolute atomic E-state index is 0.0803. The van der Waals surface area contributed by atoms with E-state index in [-0.39, 0.29) is 6.61 Å². The summed E-state index contributed by atoms with van der Waals surface area (Å²) < 4.78 is 19.5. The fourth-order valence-corrected chi connectivity index (χ4v) is 1.27. The van der Waals surface area contributed by atoms with Crippen molar-refractivity contribution in [1.29, 1.82) is 0 Å². The molecule has 0 saturated carbocycles. The molecule has 0 spiro atoms. The van der Waals surface area contributed by atoms with Gasteiger partial charge in [0.1, 0.15) is 0 Å². The second-order valence-corrected chi connectivity index (χ2v) is 3.59. The summed E-state index contributed by atoms with van der Waals surface area (Å²) in [5, 5.41) is 0. The highest BCUT2D eigenvalue weighted by Crippen LogP contribution is 2.43. The molecule has 0 rings (SSSR count). The molecule has 0 amide bonds. The molecule has 13 heavy (non-hydrogen) atoms. The first-order valence-electron chi connectivity index (χ1n) is 3.85. The summed E-state index contributed by atoms with van der Waals surface area (Å²) in [6.45, 7) is 3.45. The zero-order valence-electron chi connectivity index (χ0n) is 7.60. The third kappa shape index (κ3) is 6.51. The molecule has 5 nitrogen and oxygen atoms in total. The maximum Gasteiger partial charge on any atom is 0.529 e. The minimum atomic E-state index is -4.20. The Bertz CT molecular complexity index is 235. The van der Waals surface area contributed by atoms with Crippen LogP contribution < -0.4 is 0 Å². The molecule has 1 N–H and O–H groups in total. The molecular formula is C7H13O5P. The van der Waals surface area contributed by atoms with Crippen LogP contribution in [0.25, 0.3) is 0 Å². The van der Waals surface area contributed by atoms with Gasteiger partial charge < -0.3 is 4.52 Å². The highest BCUT2D eigenvalue weighted by Gasteiger charge is 2.24. The van der Waals surface area contributed by atoms with E-state index in [0.29, 0.717) is 6.42 Å². The van der Waals surface area contributed by atoms with Gasteiger partial charge in [0.2, 0.25) is 0 Å². The Hall–Kier alpha value is -0.640. The van der Waals surface area contributed by atoms with Crippen LogP contribution in [0.2, 0.25) is 0 Å². The predicted octanol–water partition coefficient (Wildman–Crippen LogP) is 1.63. The smallest absolute Gasteiger partial charge is 0.367 e. The largest absolute Gasteiger partial charge is 0.529 e. The van der Waals surface area contributed by atoms with Crippen LogP contribution in [0, 0.1) is 0 Å². The van der Waals surface area contributed by atoms with Gasteiger partial charge in [0.05, 0.1) is 6.61 Å². The van der Waals surface area contributed by atoms with Crippen LogP contribution in [0.5, 0.6) is 0 Å². The summed E-state index contributed by atoms with van der Waals surface area (Å²) in [6.07, 6.45) is 3.02. The molecule has 0 aliphatic carbocycles. The van der Waals surface area contributed by atoms with E-state index in [0.717, 1.165) is 6.08 Å². The lowest BCUT2D eigenvalue weighted by atomic mass is 10.5. The van der Waals surface area contributed by atoms with Crippen molar-refractivity contribution in [1.82, 2.24) is 0 Å². The monoisotopic (exact) mass is 208 g/mol. The highest BCUT2D eigenvalue weighted by atomic mass is 31.2. The molecule has 0 aliphatic rings. The van der Waals surface area contributed by atoms with E-state index >= 15 is 0 Å². The zero-order valence-corrected chi connectivity index (χ0v) is 8.49. The van der Waals surface area contributed by atoms with Gasteiger partial charge in [-0.25, -0.2) is 9.36 Å². The lowest BCUT2D eigenvalue weighted by molar-refractivity contribution is -0.130. The third-order valence-corrected chi connectivity index (χ3v) is 1.89. The quantitative estimate of drug-likeness (QED) is 0.549. The Kier molecular flexibility index (Phi) is 5.62. The summed E-state index contributed by atoms with van der Waals surface area (Å²) in [7, 11) is -4.20. The fraction of sp³-hybridized carbons (Fsp3) is 0.571. The first-order chi connectivity index (χ1) is 6.02. The number of carbonyl (C=O) groups excluding carboxylic acids is 1. The maximum absolute atomic E-state index is 10.9. The van der Waals surface area contributed by atoms with Gasteiger partial charge in [0.25, 0.3) is 0 Å². The highest BCUT2D eigenvalue weighted by molar-refractivity contribution is 7.48. The van der Waals surface area contributed by atoms with Crippen LogP contribution in [0.15, 0.2) is 12.2 Å². The summed E-state index contributed by atoms with van der Waals surface area (Å²) in [5.74, 6) is -0.885. The van der Waals surface area contributed by atoms with Crippen LogP contribution in [0.1, 0.15) is 20.3 Å². The van der Waals surface area contributed by atoms with Crippen molar-refractivity contribution in [3.63, 3.8) is 0 Å². The van der Waals surface area contributed by atoms with Crippen molar-refractivity contribution < 1.29 is 23.3 Å². The molecule has 0 saturated heterocycles. The molecule has 0 aromatic heterocycles. The van der Waals surface area contributed by atoms with Crippen molar-refractivity contribution >= 4 is 13.8 Å². The van der Waals surface area contributed by atoms with E-state index in [4.69, 9.17) is 4.89 Å². The second kappa shape index (κ2) is 5.91. The van der Waals surface area contributed by atoms with E-state index in [2.05, 4.69) is 9.05 Å². The molecule has 0 aromatic rings. The first kappa shape index (κ1) is 12.4. The molecule has 1 atom stereocenters. The number of hydrogen-bond acceptors (Lipinski definition) is 4. The summed E-state index contributed by atoms with van der Waals surface area (Å²) in [4.78, 5) is 19.6. The van der Waals surface area contributed by atoms with Gasteiger partial charge in [-0.3, -0.25) is 9.42 Å². The van der Waals surface area contributed by atoms with Gasteiger partial charge in [-0.2, -0.15) is 0 Å². The number of allylic oxidation sites excluding steroid dienone is 1. The SMILES string of the molecule is CC=CC(=O)OP(=O)(O)OCCC. The predicted molar refractivity (Wildman–Crippen MR) is 47.0 cm³/mol. The molecule has 0 bridgehead atoms. The Morgan fingerprint density at radius 3 is 2.69 bits per heavy atom. The van der Waals surface area contributed by atoms with E-state index in [1.165, 1.54) is 6.08 Å². The molecule has 0 heterocycles. The Morgan fingerprint density at radius 2 is 2.23 bits per heavy atom. The van der Waals surface area contributed by atoms with Gasteiger partial charge in [-0.1, -0.05) is 13.0 Å². The first-order valence-corrected chi connectivity index (χ1v) is 5.35. The summed E-state index contributed by atoms with van der Waals surface area (Å²) >= 11 is 0. The fourth-order valence-electron chi connectivity index (χ4n) is 0.513. The van der Waals surface area contributed by atoms with E-state index in [1.54, 1.807) is 13.8 Å². The molecule has 0 radical (unpaired) electrons. The van der Waals surface area contributed by atoms with Crippen LogP contribution in [-0.4, -0.2) is 17.5 Å². The van der Waals surface area contributed by atoms with Gasteiger partial charge in [-0.05, 0) is 13.3 Å². The van der Waals surface area contributed by atoms with Crippen molar-refractivity contribution in [3.05, 3.63) is 12.2 Å². The number of carbonyl (C=O) groups is 1. The number of phosphoric ester groups is 1. The van der Waals surface area contributed by atoms with Crippen molar-refractivity contribution in [3.8, 4) is 0 Å². The molecule has 0 aromatic carbocycles. The lowest BCUT2D eigenvalue weighted by Crippen LogP contribution is -2.01. The van der Waals surface area contributed by atoms with Crippen molar-refractivity contribution in [2.24, 2.45) is 0 Å². The molecule has 6 heteroatoms. The normalized spacial score (nSPS) is 15.6. The van der Waals surface area contributed by atoms with Gasteiger partial charge in [0, 0.05) is 6.08 Å². The second-order valence-electron chi connectivity index (χ2n) is 2.21. The van der Waals surface area contributed by atoms with Gasteiger partial charge >= 0.3 is 13.8 Å². The molecule has 0 aliphatic heterocycles. The standard InChI is InChI=1S/C7H13O5P/c1-3-5-7(8)12-13(9,10)11-6-4-2/h3,5H,4,6H2,1-2H3,(H,9,10). The molecule has 76 valence electrons. The van der Waals surface area contributed by atoms with Gasteiger partial charge in [-0.15, -0.1) is 0 Å². The Balaban J connectivity index is 4.01. The van der Waals surface area contributed by atoms with Crippen molar-refractivity contribution in [2.45, 2.75) is 20.3 Å². The Labute approximate surface area is 77.0 Å². The topological polar surface area (TPSA) is 72.8 Å². The van der Waals surface area contributed by atoms with Crippen LogP contribution >= 0.6 is 7.82 Å². The maximum atomic E-state index is 10.9. The average molecular weight is 208 g/mol. The van der Waals surface area contributed by atoms with E-state index in [9.17, 15) is 9.36 Å². The Morgan fingerprint density at radius 1 is 1.62 bits per heavy atom. The number of phosphoric acid groups is 1. The number of rotatable bonds is 5. The number of hydrogen-bond donors (Lipinski definition) is 1. The summed E-state index contributed by atoms with van der Waals surface area (Å²) in [6, 6.07) is 0. The van der Waals surface area contributed by atoms with E-state index < -0.39 is 13.8 Å². The lowest BCUT2D eigenvalue weighted by Gasteiger charge is -2.08. The summed E-state index contributed by atoms with van der Waals surface area (Å²) in [5.41, 5.74) is 0.